The molecule has 0 radical (unpaired) electrons. The Balaban J connectivity index is 1.39. The summed E-state index contributed by atoms with van der Waals surface area (Å²) in [5.41, 5.74) is 9.95. The van der Waals surface area contributed by atoms with Crippen molar-refractivity contribution in [1.82, 2.24) is 19.7 Å². The first-order valence-electron chi connectivity index (χ1n) is 14.3. The van der Waals surface area contributed by atoms with E-state index in [0.29, 0.717) is 28.9 Å². The number of nitrogens with two attached hydrogens (primary N) is 1. The van der Waals surface area contributed by atoms with Crippen LogP contribution in [-0.4, -0.2) is 48.1 Å². The van der Waals surface area contributed by atoms with Crippen LogP contribution >= 0.6 is 11.6 Å². The molecule has 0 bridgehead atoms. The van der Waals surface area contributed by atoms with Gasteiger partial charge < -0.3 is 15.8 Å². The Morgan fingerprint density at radius 1 is 1.16 bits per heavy atom. The maximum Gasteiger partial charge on any atom is 0.262 e. The van der Waals surface area contributed by atoms with Crippen LogP contribution in [0.5, 0.6) is 0 Å². The molecule has 3 heterocycles. The number of hydrogen-bond donors (Lipinski definition) is 3. The highest BCUT2D eigenvalue weighted by atomic mass is 35.5. The van der Waals surface area contributed by atoms with E-state index in [1.54, 1.807) is 37.4 Å². The molecule has 4 aromatic rings. The van der Waals surface area contributed by atoms with E-state index in [1.807, 2.05) is 18.2 Å². The maximum atomic E-state index is 15.7. The molecule has 0 spiro atoms. The average molecular weight is 625 g/mol. The number of halogens is 2. The first-order valence-corrected chi connectivity index (χ1v) is 16.2. The second-order valence-electron chi connectivity index (χ2n) is 11.4. The van der Waals surface area contributed by atoms with Crippen LogP contribution < -0.4 is 15.8 Å². The van der Waals surface area contributed by atoms with E-state index in [1.165, 1.54) is 12.1 Å². The molecule has 2 aromatic heterocycles. The van der Waals surface area contributed by atoms with Crippen LogP contribution in [0.4, 0.5) is 15.9 Å². The molecular formula is C31H34ClFN6O3S. The molecule has 4 N–H and O–H groups in total. The predicted molar refractivity (Wildman–Crippen MR) is 167 cm³/mol. The first kappa shape index (κ1) is 29.6. The Morgan fingerprint density at radius 3 is 2.58 bits per heavy atom. The lowest BCUT2D eigenvalue weighted by molar-refractivity contribution is -0.0103. The number of anilines is 2. The number of sulfonamides is 1. The summed E-state index contributed by atoms with van der Waals surface area (Å²) in [6.45, 7) is 7.25. The zero-order chi connectivity index (χ0) is 30.5. The molecule has 1 fully saturated rings. The number of rotatable bonds is 8. The maximum absolute atomic E-state index is 15.7. The van der Waals surface area contributed by atoms with Crippen LogP contribution in [0.15, 0.2) is 53.6 Å². The van der Waals surface area contributed by atoms with Gasteiger partial charge in [-0.05, 0) is 55.5 Å². The Labute approximate surface area is 255 Å². The SMILES string of the molecule is Cc1ccccc1S(=O)(=O)Nc1ccc(-c2nc(C(C)C)n3c(C4=CCC(NC5COC5)CC4)cnc(N)c23)c(Cl)c1F. The summed E-state index contributed by atoms with van der Waals surface area (Å²) >= 11 is 6.60. The lowest BCUT2D eigenvalue weighted by Gasteiger charge is -2.33. The van der Waals surface area contributed by atoms with Gasteiger partial charge in [-0.25, -0.2) is 22.8 Å². The van der Waals surface area contributed by atoms with Gasteiger partial charge in [0.25, 0.3) is 10.0 Å². The van der Waals surface area contributed by atoms with Gasteiger partial charge >= 0.3 is 0 Å². The van der Waals surface area contributed by atoms with Crippen LogP contribution in [0.1, 0.15) is 56.1 Å². The van der Waals surface area contributed by atoms with Crippen molar-refractivity contribution in [2.75, 3.05) is 23.7 Å². The summed E-state index contributed by atoms with van der Waals surface area (Å²) in [5.74, 6) is 0.0713. The molecule has 0 saturated carbocycles. The molecule has 1 unspecified atom stereocenters. The fourth-order valence-electron chi connectivity index (χ4n) is 5.72. The molecular weight excluding hydrogens is 591 g/mol. The molecule has 12 heteroatoms. The van der Waals surface area contributed by atoms with E-state index < -0.39 is 15.8 Å². The number of nitrogens with zero attached hydrogens (tertiary/aromatic N) is 3. The highest BCUT2D eigenvalue weighted by Gasteiger charge is 2.28. The fourth-order valence-corrected chi connectivity index (χ4v) is 7.28. The molecule has 9 nitrogen and oxygen atoms in total. The molecule has 0 amide bonds. The summed E-state index contributed by atoms with van der Waals surface area (Å²) in [6.07, 6.45) is 6.71. The molecule has 2 aliphatic rings. The lowest BCUT2D eigenvalue weighted by Crippen LogP contribution is -2.50. The zero-order valence-electron chi connectivity index (χ0n) is 24.2. The number of nitrogen functional groups attached to an aromatic ring is 1. The van der Waals surface area contributed by atoms with Gasteiger partial charge in [0.05, 0.1) is 46.8 Å². The normalized spacial score (nSPS) is 17.7. The van der Waals surface area contributed by atoms with Crippen molar-refractivity contribution >= 4 is 44.2 Å². The minimum Gasteiger partial charge on any atom is -0.382 e. The highest BCUT2D eigenvalue weighted by molar-refractivity contribution is 7.92. The second-order valence-corrected chi connectivity index (χ2v) is 13.5. The van der Waals surface area contributed by atoms with Crippen LogP contribution in [-0.2, 0) is 14.8 Å². The van der Waals surface area contributed by atoms with Crippen LogP contribution in [0.3, 0.4) is 0 Å². The van der Waals surface area contributed by atoms with Crippen LogP contribution in [0.25, 0.3) is 22.3 Å². The van der Waals surface area contributed by atoms with Crippen molar-refractivity contribution in [1.29, 1.82) is 0 Å². The molecule has 226 valence electrons. The second kappa shape index (κ2) is 11.5. The summed E-state index contributed by atoms with van der Waals surface area (Å²) in [5, 5.41) is 3.39. The van der Waals surface area contributed by atoms with E-state index in [9.17, 15) is 8.42 Å². The largest absolute Gasteiger partial charge is 0.382 e. The monoisotopic (exact) mass is 624 g/mol. The number of allylic oxidation sites excluding steroid dienone is 1. The Kier molecular flexibility index (Phi) is 7.93. The van der Waals surface area contributed by atoms with Gasteiger partial charge in [-0.2, -0.15) is 0 Å². The first-order chi connectivity index (χ1) is 20.5. The summed E-state index contributed by atoms with van der Waals surface area (Å²) in [4.78, 5) is 9.47. The van der Waals surface area contributed by atoms with Gasteiger partial charge in [-0.3, -0.25) is 9.12 Å². The van der Waals surface area contributed by atoms with E-state index in [-0.39, 0.29) is 32.9 Å². The third-order valence-electron chi connectivity index (χ3n) is 8.04. The lowest BCUT2D eigenvalue weighted by atomic mass is 9.92. The molecule has 1 aliphatic heterocycles. The number of aryl methyl sites for hydroxylation is 1. The average Bonchev–Trinajstić information content (AvgIpc) is 3.36. The van der Waals surface area contributed by atoms with Crippen LogP contribution in [0.2, 0.25) is 5.02 Å². The number of nitrogens with one attached hydrogen (secondary N) is 2. The minimum atomic E-state index is -4.05. The quantitative estimate of drug-likeness (QED) is 0.222. The van der Waals surface area contributed by atoms with Crippen molar-refractivity contribution in [2.24, 2.45) is 0 Å². The van der Waals surface area contributed by atoms with E-state index in [2.05, 4.69) is 21.1 Å². The summed E-state index contributed by atoms with van der Waals surface area (Å²) < 4.78 is 51.4. The fraction of sp³-hybridized carbons (Fsp3) is 0.355. The Hall–Kier alpha value is -3.51. The van der Waals surface area contributed by atoms with Crippen molar-refractivity contribution < 1.29 is 17.5 Å². The minimum absolute atomic E-state index is 0.00263. The molecule has 1 atom stereocenters. The molecule has 1 aliphatic carbocycles. The van der Waals surface area contributed by atoms with Crippen molar-refractivity contribution in [3.8, 4) is 11.3 Å². The van der Waals surface area contributed by atoms with E-state index in [4.69, 9.17) is 27.1 Å². The topological polar surface area (TPSA) is 124 Å². The molecule has 6 rings (SSSR count). The van der Waals surface area contributed by atoms with Gasteiger partial charge in [0, 0.05) is 17.5 Å². The Bertz CT molecular complexity index is 1850. The number of imidazole rings is 1. The van der Waals surface area contributed by atoms with Gasteiger partial charge in [0.2, 0.25) is 0 Å². The number of ether oxygens (including phenoxy) is 1. The van der Waals surface area contributed by atoms with Crippen molar-refractivity contribution in [3.63, 3.8) is 0 Å². The van der Waals surface area contributed by atoms with Gasteiger partial charge in [0.15, 0.2) is 5.82 Å². The van der Waals surface area contributed by atoms with Gasteiger partial charge in [0.1, 0.15) is 22.9 Å². The predicted octanol–water partition coefficient (Wildman–Crippen LogP) is 5.93. The highest BCUT2D eigenvalue weighted by Crippen LogP contribution is 2.40. The third kappa shape index (κ3) is 5.50. The third-order valence-corrected chi connectivity index (χ3v) is 9.94. The molecule has 2 aromatic carbocycles. The summed E-state index contributed by atoms with van der Waals surface area (Å²) in [7, 11) is -4.05. The number of fused-ring (bicyclic) bond motifs is 1. The zero-order valence-corrected chi connectivity index (χ0v) is 25.8. The van der Waals surface area contributed by atoms with Gasteiger partial charge in [-0.1, -0.05) is 49.7 Å². The Morgan fingerprint density at radius 2 is 1.93 bits per heavy atom. The number of aromatic nitrogens is 3. The summed E-state index contributed by atoms with van der Waals surface area (Å²) in [6, 6.07) is 10.2. The van der Waals surface area contributed by atoms with Crippen LogP contribution in [0, 0.1) is 12.7 Å². The molecule has 1 saturated heterocycles. The van der Waals surface area contributed by atoms with Gasteiger partial charge in [-0.15, -0.1) is 0 Å². The van der Waals surface area contributed by atoms with Crippen molar-refractivity contribution in [3.05, 3.63) is 76.6 Å². The standard InChI is InChI=1S/C31H34ClFN6O3S/c1-17(2)31-37-28(22-12-13-23(27(33)26(22)32)38-43(40,41)25-7-5-4-6-18(25)3)29-30(34)35-14-24(39(29)31)19-8-10-20(11-9-19)36-21-15-42-16-21/h4-8,12-14,17,20-21,36,38H,9-11,15-16H2,1-3H3,(H2,34,35). The van der Waals surface area contributed by atoms with E-state index in [0.717, 1.165) is 49.6 Å². The van der Waals surface area contributed by atoms with E-state index >= 15 is 4.39 Å². The number of hydrogen-bond acceptors (Lipinski definition) is 7. The number of benzene rings is 2. The molecule has 43 heavy (non-hydrogen) atoms. The smallest absolute Gasteiger partial charge is 0.262 e. The van der Waals surface area contributed by atoms with Crippen molar-refractivity contribution in [2.45, 2.75) is 62.9 Å².